The Morgan fingerprint density at radius 1 is 1.40 bits per heavy atom. The molecule has 1 aromatic carbocycles. The van der Waals surface area contributed by atoms with Crippen LogP contribution in [-0.2, 0) is 0 Å². The number of anilines is 1. The first-order chi connectivity index (χ1) is 7.22. The van der Waals surface area contributed by atoms with Crippen LogP contribution in [0.5, 0.6) is 0 Å². The molecule has 0 saturated heterocycles. The zero-order valence-corrected chi connectivity index (χ0v) is 9.03. The number of rotatable bonds is 4. The molecular weight excluding hydrogens is 186 g/mol. The van der Waals surface area contributed by atoms with E-state index in [1.54, 1.807) is 0 Å². The molecule has 0 bridgehead atoms. The average molecular weight is 203 g/mol. The van der Waals surface area contributed by atoms with Crippen LogP contribution in [0.2, 0.25) is 0 Å². The van der Waals surface area contributed by atoms with Crippen molar-refractivity contribution in [2.45, 2.75) is 19.8 Å². The summed E-state index contributed by atoms with van der Waals surface area (Å²) in [7, 11) is 0. The number of benzene rings is 1. The first kappa shape index (κ1) is 11.3. The number of amidine groups is 1. The molecule has 15 heavy (non-hydrogen) atoms. The third kappa shape index (κ3) is 4.31. The maximum atomic E-state index is 5.46. The monoisotopic (exact) mass is 203 g/mol. The van der Waals surface area contributed by atoms with Gasteiger partial charge in [0.2, 0.25) is 0 Å². The minimum absolute atomic E-state index is 0.335. The average Bonchev–Trinajstić information content (AvgIpc) is 2.18. The van der Waals surface area contributed by atoms with Crippen molar-refractivity contribution >= 4 is 11.5 Å². The molecule has 80 valence electrons. The summed E-state index contributed by atoms with van der Waals surface area (Å²) in [5, 5.41) is 3.22. The molecule has 3 nitrogen and oxygen atoms in total. The van der Waals surface area contributed by atoms with Gasteiger partial charge in [-0.15, -0.1) is 0 Å². The lowest BCUT2D eigenvalue weighted by Gasteiger charge is -2.08. The van der Waals surface area contributed by atoms with Gasteiger partial charge in [0.05, 0.1) is 0 Å². The van der Waals surface area contributed by atoms with Crippen LogP contribution >= 0.6 is 0 Å². The highest BCUT2D eigenvalue weighted by Crippen LogP contribution is 2.07. The Hall–Kier alpha value is -1.77. The highest BCUT2D eigenvalue weighted by atomic mass is 15.0. The van der Waals surface area contributed by atoms with Gasteiger partial charge in [-0.2, -0.15) is 0 Å². The summed E-state index contributed by atoms with van der Waals surface area (Å²) < 4.78 is 0. The molecular formula is C12H17N3. The molecule has 1 rings (SSSR count). The molecule has 0 saturated carbocycles. The van der Waals surface area contributed by atoms with Crippen molar-refractivity contribution in [2.24, 2.45) is 10.7 Å². The minimum atomic E-state index is 0.335. The van der Waals surface area contributed by atoms with E-state index in [1.165, 1.54) is 0 Å². The fourth-order valence-electron chi connectivity index (χ4n) is 1.24. The Morgan fingerprint density at radius 3 is 2.60 bits per heavy atom. The van der Waals surface area contributed by atoms with E-state index < -0.39 is 0 Å². The van der Waals surface area contributed by atoms with Gasteiger partial charge < -0.3 is 11.1 Å². The molecule has 0 heterocycles. The van der Waals surface area contributed by atoms with Crippen molar-refractivity contribution in [3.05, 3.63) is 42.7 Å². The number of para-hydroxylation sites is 1. The summed E-state index contributed by atoms with van der Waals surface area (Å²) >= 11 is 0. The van der Waals surface area contributed by atoms with E-state index in [4.69, 9.17) is 5.73 Å². The molecule has 0 aromatic heterocycles. The Balaban J connectivity index is 2.71. The topological polar surface area (TPSA) is 50.4 Å². The van der Waals surface area contributed by atoms with Gasteiger partial charge in [-0.3, -0.25) is 0 Å². The van der Waals surface area contributed by atoms with E-state index in [9.17, 15) is 0 Å². The number of nitrogens with one attached hydrogen (secondary N) is 1. The molecule has 3 N–H and O–H groups in total. The molecule has 0 amide bonds. The predicted molar refractivity (Wildman–Crippen MR) is 65.7 cm³/mol. The molecule has 0 radical (unpaired) electrons. The first-order valence-electron chi connectivity index (χ1n) is 5.06. The summed E-state index contributed by atoms with van der Waals surface area (Å²) in [5.41, 5.74) is 6.47. The summed E-state index contributed by atoms with van der Waals surface area (Å²) in [6, 6.07) is 9.91. The molecule has 1 aromatic rings. The molecule has 0 aliphatic rings. The van der Waals surface area contributed by atoms with Crippen LogP contribution in [0, 0.1) is 0 Å². The summed E-state index contributed by atoms with van der Waals surface area (Å²) in [5.74, 6) is 1.19. The number of hydrogen-bond acceptors (Lipinski definition) is 2. The number of nitrogens with two attached hydrogens (primary N) is 1. The summed E-state index contributed by atoms with van der Waals surface area (Å²) in [6.45, 7) is 5.67. The summed E-state index contributed by atoms with van der Waals surface area (Å²) in [4.78, 5) is 4.15. The van der Waals surface area contributed by atoms with Gasteiger partial charge in [0.15, 0.2) is 0 Å². The second kappa shape index (κ2) is 5.86. The Kier molecular flexibility index (Phi) is 4.41. The van der Waals surface area contributed by atoms with E-state index >= 15 is 0 Å². The standard InChI is InChI=1S/C12H17N3/c1-3-7-12(14-10(2)13)15-11-8-5-4-6-9-11/h4-6,8-9H,2-3,7,13H2,1H3,(H,14,15). The van der Waals surface area contributed by atoms with Gasteiger partial charge in [0.1, 0.15) is 11.7 Å². The highest BCUT2D eigenvalue weighted by Gasteiger charge is 1.98. The zero-order valence-electron chi connectivity index (χ0n) is 9.03. The number of hydrogen-bond donors (Lipinski definition) is 2. The van der Waals surface area contributed by atoms with E-state index in [0.29, 0.717) is 5.82 Å². The molecule has 0 aliphatic carbocycles. The van der Waals surface area contributed by atoms with Crippen molar-refractivity contribution < 1.29 is 0 Å². The largest absolute Gasteiger partial charge is 0.384 e. The lowest BCUT2D eigenvalue weighted by atomic mass is 10.2. The van der Waals surface area contributed by atoms with Gasteiger partial charge >= 0.3 is 0 Å². The lowest BCUT2D eigenvalue weighted by Crippen LogP contribution is -2.13. The normalized spacial score (nSPS) is 11.1. The Morgan fingerprint density at radius 2 is 2.07 bits per heavy atom. The van der Waals surface area contributed by atoms with E-state index in [-0.39, 0.29) is 0 Å². The van der Waals surface area contributed by atoms with Crippen LogP contribution in [0.1, 0.15) is 19.8 Å². The van der Waals surface area contributed by atoms with Gasteiger partial charge in [-0.05, 0) is 18.6 Å². The molecule has 0 fully saturated rings. The first-order valence-corrected chi connectivity index (χ1v) is 5.06. The molecule has 0 aliphatic heterocycles. The van der Waals surface area contributed by atoms with E-state index in [2.05, 4.69) is 23.8 Å². The molecule has 0 spiro atoms. The van der Waals surface area contributed by atoms with Crippen LogP contribution in [-0.4, -0.2) is 5.84 Å². The maximum Gasteiger partial charge on any atom is 0.118 e. The van der Waals surface area contributed by atoms with E-state index in [0.717, 1.165) is 24.4 Å². The van der Waals surface area contributed by atoms with Crippen molar-refractivity contribution in [3.63, 3.8) is 0 Å². The molecule has 0 unspecified atom stereocenters. The van der Waals surface area contributed by atoms with Crippen molar-refractivity contribution in [3.8, 4) is 0 Å². The minimum Gasteiger partial charge on any atom is -0.384 e. The van der Waals surface area contributed by atoms with Crippen LogP contribution in [0.15, 0.2) is 47.7 Å². The Bertz CT molecular complexity index is 341. The smallest absolute Gasteiger partial charge is 0.118 e. The molecule has 0 atom stereocenters. The van der Waals surface area contributed by atoms with Crippen LogP contribution in [0.4, 0.5) is 5.69 Å². The third-order valence-electron chi connectivity index (χ3n) is 1.83. The third-order valence-corrected chi connectivity index (χ3v) is 1.83. The zero-order chi connectivity index (χ0) is 11.1. The fraction of sp³-hybridized carbons (Fsp3) is 0.250. The Labute approximate surface area is 90.7 Å². The van der Waals surface area contributed by atoms with Gasteiger partial charge in [-0.1, -0.05) is 31.7 Å². The van der Waals surface area contributed by atoms with Gasteiger partial charge in [-0.25, -0.2) is 4.99 Å². The van der Waals surface area contributed by atoms with Gasteiger partial charge in [0.25, 0.3) is 0 Å². The molecule has 3 heteroatoms. The second-order valence-corrected chi connectivity index (χ2v) is 3.29. The van der Waals surface area contributed by atoms with Crippen LogP contribution < -0.4 is 11.1 Å². The van der Waals surface area contributed by atoms with Crippen molar-refractivity contribution in [1.29, 1.82) is 0 Å². The maximum absolute atomic E-state index is 5.46. The SMILES string of the molecule is C=C(N)/N=C(\CCC)Nc1ccccc1. The van der Waals surface area contributed by atoms with Crippen molar-refractivity contribution in [1.82, 2.24) is 0 Å². The second-order valence-electron chi connectivity index (χ2n) is 3.29. The predicted octanol–water partition coefficient (Wildman–Crippen LogP) is 2.73. The van der Waals surface area contributed by atoms with E-state index in [1.807, 2.05) is 30.3 Å². The number of nitrogens with zero attached hydrogens (tertiary/aromatic N) is 1. The highest BCUT2D eigenvalue weighted by molar-refractivity contribution is 5.95. The quantitative estimate of drug-likeness (QED) is 0.584. The van der Waals surface area contributed by atoms with Gasteiger partial charge in [0, 0.05) is 12.1 Å². The number of aliphatic imine (C=N–C) groups is 1. The fourth-order valence-corrected chi connectivity index (χ4v) is 1.24. The summed E-state index contributed by atoms with van der Waals surface area (Å²) in [6.07, 6.45) is 1.89. The van der Waals surface area contributed by atoms with Crippen molar-refractivity contribution in [2.75, 3.05) is 5.32 Å². The van der Waals surface area contributed by atoms with Crippen LogP contribution in [0.3, 0.4) is 0 Å². The lowest BCUT2D eigenvalue weighted by molar-refractivity contribution is 0.984. The van der Waals surface area contributed by atoms with Crippen LogP contribution in [0.25, 0.3) is 0 Å².